The summed E-state index contributed by atoms with van der Waals surface area (Å²) in [4.78, 5) is 24.2. The van der Waals surface area contributed by atoms with Crippen molar-refractivity contribution in [2.45, 2.75) is 84.6 Å². The Morgan fingerprint density at radius 3 is 2.74 bits per heavy atom. The van der Waals surface area contributed by atoms with E-state index < -0.39 is 0 Å². The van der Waals surface area contributed by atoms with Crippen LogP contribution >= 0.6 is 0 Å². The number of pyridine rings is 1. The molecule has 0 aromatic carbocycles. The van der Waals surface area contributed by atoms with Crippen molar-refractivity contribution >= 4 is 11.7 Å². The summed E-state index contributed by atoms with van der Waals surface area (Å²) in [5, 5.41) is 2.86. The average Bonchev–Trinajstić information content (AvgIpc) is 3.29. The van der Waals surface area contributed by atoms with Crippen LogP contribution in [0.15, 0.2) is 42.3 Å². The zero-order chi connectivity index (χ0) is 27.6. The second-order valence-electron chi connectivity index (χ2n) is 13.4. The predicted molar refractivity (Wildman–Crippen MR) is 158 cm³/mol. The summed E-state index contributed by atoms with van der Waals surface area (Å²) in [5.74, 6) is 2.73. The second kappa shape index (κ2) is 11.7. The molecule has 5 rings (SSSR count). The molecule has 2 fully saturated rings. The highest BCUT2D eigenvalue weighted by Crippen LogP contribution is 2.67. The molecule has 1 heterocycles. The SMILES string of the molecule is CCC(NOC(=O)NCCCN(C)C)C1C=C2CC[C@H]3[C@H](CC[C@]4(C)C(c5cccnc5)=CC[C@@H]34)[C@@]2(C)CC1. The maximum absolute atomic E-state index is 12.2. The molecule has 0 spiro atoms. The summed E-state index contributed by atoms with van der Waals surface area (Å²) >= 11 is 0. The van der Waals surface area contributed by atoms with Gasteiger partial charge in [0.1, 0.15) is 0 Å². The number of hydrogen-bond acceptors (Lipinski definition) is 5. The molecule has 1 amide bonds. The minimum atomic E-state index is -0.373. The van der Waals surface area contributed by atoms with Crippen LogP contribution in [0.25, 0.3) is 5.57 Å². The Hall–Kier alpha value is -2.18. The molecule has 2 N–H and O–H groups in total. The Morgan fingerprint density at radius 2 is 2.00 bits per heavy atom. The molecule has 2 saturated carbocycles. The van der Waals surface area contributed by atoms with Crippen molar-refractivity contribution in [3.63, 3.8) is 0 Å². The number of carbonyl (C=O) groups is 1. The first-order valence-corrected chi connectivity index (χ1v) is 15.4. The number of carbonyl (C=O) groups excluding carboxylic acids is 1. The van der Waals surface area contributed by atoms with Gasteiger partial charge in [-0.15, -0.1) is 5.48 Å². The molecule has 0 saturated heterocycles. The molecule has 0 bridgehead atoms. The quantitative estimate of drug-likeness (QED) is 0.212. The third-order valence-electron chi connectivity index (χ3n) is 11.0. The Bertz CT molecular complexity index is 1070. The monoisotopic (exact) mass is 534 g/mol. The van der Waals surface area contributed by atoms with Gasteiger partial charge in [0, 0.05) is 25.0 Å². The van der Waals surface area contributed by atoms with Gasteiger partial charge in [-0.25, -0.2) is 4.79 Å². The zero-order valence-electron chi connectivity index (χ0n) is 24.8. The fourth-order valence-electron chi connectivity index (χ4n) is 8.83. The molecule has 7 atom stereocenters. The molecule has 0 radical (unpaired) electrons. The summed E-state index contributed by atoms with van der Waals surface area (Å²) < 4.78 is 0. The summed E-state index contributed by atoms with van der Waals surface area (Å²) in [6.07, 6.45) is 19.3. The molecule has 4 aliphatic rings. The van der Waals surface area contributed by atoms with Crippen LogP contribution in [0.5, 0.6) is 0 Å². The number of allylic oxidation sites excluding steroid dienone is 3. The van der Waals surface area contributed by atoms with Crippen LogP contribution in [-0.4, -0.2) is 49.2 Å². The lowest BCUT2D eigenvalue weighted by Crippen LogP contribution is -2.50. The lowest BCUT2D eigenvalue weighted by atomic mass is 9.46. The van der Waals surface area contributed by atoms with Gasteiger partial charge in [-0.1, -0.05) is 44.6 Å². The normalized spacial score (nSPS) is 34.3. The van der Waals surface area contributed by atoms with E-state index in [1.54, 1.807) is 11.1 Å². The molecule has 0 aliphatic heterocycles. The minimum Gasteiger partial charge on any atom is -0.354 e. The first kappa shape index (κ1) is 28.4. The van der Waals surface area contributed by atoms with Crippen molar-refractivity contribution in [1.82, 2.24) is 20.7 Å². The summed E-state index contributed by atoms with van der Waals surface area (Å²) in [6.45, 7) is 8.88. The fourth-order valence-corrected chi connectivity index (χ4v) is 8.83. The summed E-state index contributed by atoms with van der Waals surface area (Å²) in [6, 6.07) is 4.49. The molecule has 1 aromatic rings. The van der Waals surface area contributed by atoms with Gasteiger partial charge < -0.3 is 15.1 Å². The lowest BCUT2D eigenvalue weighted by Gasteiger charge is -2.58. The predicted octanol–water partition coefficient (Wildman–Crippen LogP) is 6.62. The van der Waals surface area contributed by atoms with Crippen LogP contribution in [0, 0.1) is 34.5 Å². The molecule has 6 nitrogen and oxygen atoms in total. The van der Waals surface area contributed by atoms with Gasteiger partial charge in [-0.2, -0.15) is 0 Å². The first-order valence-electron chi connectivity index (χ1n) is 15.4. The third-order valence-corrected chi connectivity index (χ3v) is 11.0. The number of rotatable bonds is 9. The molecule has 39 heavy (non-hydrogen) atoms. The maximum Gasteiger partial charge on any atom is 0.426 e. The van der Waals surface area contributed by atoms with Crippen molar-refractivity contribution < 1.29 is 9.63 Å². The molecule has 6 heteroatoms. The first-order chi connectivity index (χ1) is 18.8. The van der Waals surface area contributed by atoms with Crippen LogP contribution in [0.2, 0.25) is 0 Å². The van der Waals surface area contributed by atoms with Gasteiger partial charge >= 0.3 is 6.09 Å². The van der Waals surface area contributed by atoms with E-state index in [0.717, 1.165) is 43.6 Å². The van der Waals surface area contributed by atoms with Crippen LogP contribution < -0.4 is 10.8 Å². The number of fused-ring (bicyclic) bond motifs is 5. The standard InChI is InChI=1S/C33H50N4O2/c1-6-30(36-39-31(38)35-19-8-20-37(4)5)23-14-16-32(2)25(21-23)10-11-26-28-13-12-27(24-9-7-18-34-22-24)33(28,3)17-15-29(26)32/h7,9,12,18,21-23,26,28-30,36H,6,8,10-11,13-17,19-20H2,1-5H3,(H,35,38)/t23?,26-,28+,29+,30?,32+,33-/m1/s1. The van der Waals surface area contributed by atoms with Crippen LogP contribution in [0.1, 0.15) is 84.1 Å². The number of amides is 1. The van der Waals surface area contributed by atoms with E-state index in [4.69, 9.17) is 4.84 Å². The summed E-state index contributed by atoms with van der Waals surface area (Å²) in [7, 11) is 4.08. The number of aromatic nitrogens is 1. The maximum atomic E-state index is 12.2. The van der Waals surface area contributed by atoms with Crippen molar-refractivity contribution in [3.05, 3.63) is 47.8 Å². The molecule has 214 valence electrons. The van der Waals surface area contributed by atoms with E-state index in [2.05, 4.69) is 71.9 Å². The van der Waals surface area contributed by atoms with Gasteiger partial charge in [-0.3, -0.25) is 4.98 Å². The van der Waals surface area contributed by atoms with Crippen molar-refractivity contribution in [2.75, 3.05) is 27.2 Å². The van der Waals surface area contributed by atoms with Gasteiger partial charge in [0.25, 0.3) is 0 Å². The fraction of sp³-hybridized carbons (Fsp3) is 0.697. The topological polar surface area (TPSA) is 66.5 Å². The van der Waals surface area contributed by atoms with E-state index in [9.17, 15) is 4.79 Å². The van der Waals surface area contributed by atoms with E-state index in [1.165, 1.54) is 44.1 Å². The second-order valence-corrected chi connectivity index (χ2v) is 13.4. The number of hydrogen-bond donors (Lipinski definition) is 2. The Kier molecular flexibility index (Phi) is 8.54. The molecule has 1 aromatic heterocycles. The van der Waals surface area contributed by atoms with E-state index in [-0.39, 0.29) is 17.6 Å². The largest absolute Gasteiger partial charge is 0.426 e. The van der Waals surface area contributed by atoms with E-state index >= 15 is 0 Å². The molecular formula is C33H50N4O2. The van der Waals surface area contributed by atoms with Crippen LogP contribution in [-0.2, 0) is 4.84 Å². The number of nitrogens with one attached hydrogen (secondary N) is 2. The highest BCUT2D eigenvalue weighted by Gasteiger charge is 2.57. The van der Waals surface area contributed by atoms with E-state index in [1.807, 2.05) is 20.3 Å². The Morgan fingerprint density at radius 1 is 1.18 bits per heavy atom. The molecule has 4 aliphatic carbocycles. The van der Waals surface area contributed by atoms with Crippen molar-refractivity contribution in [3.8, 4) is 0 Å². The summed E-state index contributed by atoms with van der Waals surface area (Å²) in [5.41, 5.74) is 8.27. The average molecular weight is 535 g/mol. The highest BCUT2D eigenvalue weighted by atomic mass is 16.7. The zero-order valence-corrected chi connectivity index (χ0v) is 24.8. The van der Waals surface area contributed by atoms with Crippen LogP contribution in [0.3, 0.4) is 0 Å². The smallest absolute Gasteiger partial charge is 0.354 e. The number of hydroxylamine groups is 1. The van der Waals surface area contributed by atoms with Crippen molar-refractivity contribution in [1.29, 1.82) is 0 Å². The van der Waals surface area contributed by atoms with Gasteiger partial charge in [-0.05, 0) is 130 Å². The Balaban J connectivity index is 1.21. The van der Waals surface area contributed by atoms with Gasteiger partial charge in [0.15, 0.2) is 0 Å². The van der Waals surface area contributed by atoms with Crippen molar-refractivity contribution in [2.24, 2.45) is 34.5 Å². The minimum absolute atomic E-state index is 0.156. The van der Waals surface area contributed by atoms with Gasteiger partial charge in [0.2, 0.25) is 0 Å². The molecular weight excluding hydrogens is 484 g/mol. The number of nitrogens with zero attached hydrogens (tertiary/aromatic N) is 2. The van der Waals surface area contributed by atoms with Gasteiger partial charge in [0.05, 0.1) is 0 Å². The lowest BCUT2D eigenvalue weighted by molar-refractivity contribution is -0.0271. The third kappa shape index (κ3) is 5.56. The van der Waals surface area contributed by atoms with Crippen LogP contribution in [0.4, 0.5) is 4.79 Å². The highest BCUT2D eigenvalue weighted by molar-refractivity contribution is 5.72. The Labute approximate surface area is 236 Å². The van der Waals surface area contributed by atoms with E-state index in [0.29, 0.717) is 17.9 Å². The molecule has 2 unspecified atom stereocenters.